The van der Waals surface area contributed by atoms with E-state index in [9.17, 15) is 0 Å². The van der Waals surface area contributed by atoms with Crippen molar-refractivity contribution in [2.24, 2.45) is 0 Å². The van der Waals surface area contributed by atoms with E-state index in [1.165, 1.54) is 16.7 Å². The molecule has 15 heavy (non-hydrogen) atoms. The summed E-state index contributed by atoms with van der Waals surface area (Å²) in [6.07, 6.45) is 10.2. The van der Waals surface area contributed by atoms with Gasteiger partial charge in [0.15, 0.2) is 0 Å². The van der Waals surface area contributed by atoms with Gasteiger partial charge < -0.3 is 0 Å². The zero-order chi connectivity index (χ0) is 11.1. The van der Waals surface area contributed by atoms with Crippen molar-refractivity contribution in [3.63, 3.8) is 0 Å². The van der Waals surface area contributed by atoms with E-state index in [1.807, 2.05) is 18.5 Å². The minimum absolute atomic E-state index is 0.987. The number of hydrogen-bond donors (Lipinski definition) is 0. The molecule has 0 amide bonds. The Morgan fingerprint density at radius 1 is 1.27 bits per heavy atom. The van der Waals surface area contributed by atoms with E-state index >= 15 is 0 Å². The summed E-state index contributed by atoms with van der Waals surface area (Å²) >= 11 is 0. The van der Waals surface area contributed by atoms with E-state index in [-0.39, 0.29) is 0 Å². The Morgan fingerprint density at radius 3 is 2.60 bits per heavy atom. The maximum atomic E-state index is 4.11. The van der Waals surface area contributed by atoms with Gasteiger partial charge in [0.25, 0.3) is 0 Å². The van der Waals surface area contributed by atoms with Crippen LogP contribution in [0.3, 0.4) is 0 Å². The van der Waals surface area contributed by atoms with Gasteiger partial charge in [0, 0.05) is 12.4 Å². The summed E-state index contributed by atoms with van der Waals surface area (Å²) in [6, 6.07) is 4.09. The third-order valence-electron chi connectivity index (χ3n) is 2.42. The highest BCUT2D eigenvalue weighted by Crippen LogP contribution is 2.07. The lowest BCUT2D eigenvalue weighted by molar-refractivity contribution is 1.09. The summed E-state index contributed by atoms with van der Waals surface area (Å²) in [5.41, 5.74) is 4.06. The van der Waals surface area contributed by atoms with Crippen molar-refractivity contribution in [3.8, 4) is 0 Å². The molecule has 1 rings (SSSR count). The van der Waals surface area contributed by atoms with Crippen LogP contribution in [-0.2, 0) is 6.42 Å². The molecule has 0 atom stereocenters. The third kappa shape index (κ3) is 4.59. The van der Waals surface area contributed by atoms with Crippen molar-refractivity contribution in [2.75, 3.05) is 0 Å². The topological polar surface area (TPSA) is 12.9 Å². The minimum atomic E-state index is 0.987. The molecule has 0 aliphatic carbocycles. The highest BCUT2D eigenvalue weighted by Gasteiger charge is 1.92. The van der Waals surface area contributed by atoms with Crippen molar-refractivity contribution < 1.29 is 0 Å². The first-order valence-corrected chi connectivity index (χ1v) is 5.44. The Kier molecular flexibility index (Phi) is 4.82. The fourth-order valence-corrected chi connectivity index (χ4v) is 1.29. The third-order valence-corrected chi connectivity index (χ3v) is 2.42. The van der Waals surface area contributed by atoms with Gasteiger partial charge in [-0.15, -0.1) is 0 Å². The second-order valence-corrected chi connectivity index (χ2v) is 3.92. The van der Waals surface area contributed by atoms with Crippen LogP contribution in [0, 0.1) is 0 Å². The van der Waals surface area contributed by atoms with Crippen LogP contribution in [0.1, 0.15) is 32.8 Å². The van der Waals surface area contributed by atoms with Gasteiger partial charge in [0.2, 0.25) is 0 Å². The SMILES string of the molecule is CC/C(C)=C/C=C(\C)Cc1cccnc1. The maximum Gasteiger partial charge on any atom is 0.0303 e. The average Bonchev–Trinajstić information content (AvgIpc) is 2.27. The van der Waals surface area contributed by atoms with E-state index in [2.05, 4.69) is 44.0 Å². The van der Waals surface area contributed by atoms with Crippen molar-refractivity contribution in [3.05, 3.63) is 53.4 Å². The summed E-state index contributed by atoms with van der Waals surface area (Å²) < 4.78 is 0. The van der Waals surface area contributed by atoms with Crippen LogP contribution in [-0.4, -0.2) is 4.98 Å². The average molecular weight is 201 g/mol. The van der Waals surface area contributed by atoms with Crippen LogP contribution in [0.5, 0.6) is 0 Å². The molecule has 0 unspecified atom stereocenters. The molecular weight excluding hydrogens is 182 g/mol. The first-order chi connectivity index (χ1) is 7.22. The Balaban J connectivity index is 2.60. The molecule has 1 nitrogen and oxygen atoms in total. The second kappa shape index (κ2) is 6.18. The predicted molar refractivity (Wildman–Crippen MR) is 65.7 cm³/mol. The number of nitrogens with zero attached hydrogens (tertiary/aromatic N) is 1. The molecule has 1 aromatic heterocycles. The lowest BCUT2D eigenvalue weighted by Gasteiger charge is -2.00. The van der Waals surface area contributed by atoms with Crippen LogP contribution in [0.2, 0.25) is 0 Å². The smallest absolute Gasteiger partial charge is 0.0303 e. The number of pyridine rings is 1. The van der Waals surface area contributed by atoms with E-state index < -0.39 is 0 Å². The monoisotopic (exact) mass is 201 g/mol. The molecule has 0 aliphatic heterocycles. The Morgan fingerprint density at radius 2 is 2.00 bits per heavy atom. The quantitative estimate of drug-likeness (QED) is 0.673. The molecule has 1 aromatic rings. The Labute approximate surface area is 92.6 Å². The second-order valence-electron chi connectivity index (χ2n) is 3.92. The number of rotatable bonds is 4. The van der Waals surface area contributed by atoms with Crippen molar-refractivity contribution in [1.82, 2.24) is 4.98 Å². The van der Waals surface area contributed by atoms with E-state index in [0.717, 1.165) is 12.8 Å². The standard InChI is InChI=1S/C14H19N/c1-4-12(2)7-8-13(3)10-14-6-5-9-15-11-14/h5-9,11H,4,10H2,1-3H3/b12-7+,13-8+. The molecule has 0 bridgehead atoms. The van der Waals surface area contributed by atoms with Gasteiger partial charge in [-0.3, -0.25) is 4.98 Å². The lowest BCUT2D eigenvalue weighted by Crippen LogP contribution is -1.87. The first kappa shape index (κ1) is 11.7. The Hall–Kier alpha value is -1.37. The van der Waals surface area contributed by atoms with Gasteiger partial charge in [-0.2, -0.15) is 0 Å². The summed E-state index contributed by atoms with van der Waals surface area (Å²) in [5, 5.41) is 0. The minimum Gasteiger partial charge on any atom is -0.264 e. The summed E-state index contributed by atoms with van der Waals surface area (Å²) in [4.78, 5) is 4.11. The van der Waals surface area contributed by atoms with Gasteiger partial charge in [-0.25, -0.2) is 0 Å². The van der Waals surface area contributed by atoms with E-state index in [1.54, 1.807) is 0 Å². The van der Waals surface area contributed by atoms with E-state index in [0.29, 0.717) is 0 Å². The summed E-state index contributed by atoms with van der Waals surface area (Å²) in [7, 11) is 0. The Bertz CT molecular complexity index is 347. The van der Waals surface area contributed by atoms with Crippen LogP contribution in [0.25, 0.3) is 0 Å². The van der Waals surface area contributed by atoms with Gasteiger partial charge in [0.1, 0.15) is 0 Å². The van der Waals surface area contributed by atoms with Gasteiger partial charge >= 0.3 is 0 Å². The molecule has 0 spiro atoms. The number of hydrogen-bond acceptors (Lipinski definition) is 1. The molecule has 0 aliphatic rings. The van der Waals surface area contributed by atoms with Crippen molar-refractivity contribution in [1.29, 1.82) is 0 Å². The molecule has 1 heterocycles. The van der Waals surface area contributed by atoms with Crippen molar-refractivity contribution in [2.45, 2.75) is 33.6 Å². The first-order valence-electron chi connectivity index (χ1n) is 5.44. The summed E-state index contributed by atoms with van der Waals surface area (Å²) in [5.74, 6) is 0. The van der Waals surface area contributed by atoms with Gasteiger partial charge in [-0.1, -0.05) is 36.3 Å². The predicted octanol–water partition coefficient (Wildman–Crippen LogP) is 3.93. The summed E-state index contributed by atoms with van der Waals surface area (Å²) in [6.45, 7) is 6.50. The zero-order valence-corrected chi connectivity index (χ0v) is 9.83. The molecule has 80 valence electrons. The largest absolute Gasteiger partial charge is 0.264 e. The number of aromatic nitrogens is 1. The molecule has 1 heteroatoms. The van der Waals surface area contributed by atoms with Crippen LogP contribution >= 0.6 is 0 Å². The lowest BCUT2D eigenvalue weighted by atomic mass is 10.1. The fraction of sp³-hybridized carbons (Fsp3) is 0.357. The fourth-order valence-electron chi connectivity index (χ4n) is 1.29. The van der Waals surface area contributed by atoms with E-state index in [4.69, 9.17) is 0 Å². The van der Waals surface area contributed by atoms with Crippen LogP contribution < -0.4 is 0 Å². The molecule has 0 fully saturated rings. The molecule has 0 N–H and O–H groups in total. The normalized spacial score (nSPS) is 13.0. The molecule has 0 saturated heterocycles. The highest BCUT2D eigenvalue weighted by molar-refractivity contribution is 5.22. The van der Waals surface area contributed by atoms with Crippen LogP contribution in [0.4, 0.5) is 0 Å². The maximum absolute atomic E-state index is 4.11. The molecule has 0 saturated carbocycles. The number of allylic oxidation sites excluding steroid dienone is 4. The van der Waals surface area contributed by atoms with Crippen molar-refractivity contribution >= 4 is 0 Å². The molecular formula is C14H19N. The highest BCUT2D eigenvalue weighted by atomic mass is 14.6. The molecule has 0 aromatic carbocycles. The van der Waals surface area contributed by atoms with Gasteiger partial charge in [-0.05, 0) is 38.3 Å². The van der Waals surface area contributed by atoms with Gasteiger partial charge in [0.05, 0.1) is 0 Å². The van der Waals surface area contributed by atoms with Crippen LogP contribution in [0.15, 0.2) is 47.8 Å². The zero-order valence-electron chi connectivity index (χ0n) is 9.83. The molecule has 0 radical (unpaired) electrons.